The molecule has 0 fully saturated rings. The van der Waals surface area contributed by atoms with Crippen molar-refractivity contribution < 1.29 is 9.53 Å². The molecule has 0 aliphatic heterocycles. The molecule has 8 heteroatoms. The Morgan fingerprint density at radius 1 is 1.32 bits per heavy atom. The number of methoxy groups -OCH3 is 1. The van der Waals surface area contributed by atoms with Crippen LogP contribution in [0, 0.1) is 0 Å². The van der Waals surface area contributed by atoms with E-state index in [1.165, 1.54) is 0 Å². The minimum atomic E-state index is -0.279. The summed E-state index contributed by atoms with van der Waals surface area (Å²) in [6, 6.07) is 7.34. The van der Waals surface area contributed by atoms with E-state index in [2.05, 4.69) is 34.5 Å². The zero-order chi connectivity index (χ0) is 17.8. The normalized spacial score (nSPS) is 10.9. The number of aromatic nitrogens is 4. The fourth-order valence-corrected chi connectivity index (χ4v) is 2.99. The molecule has 0 saturated carbocycles. The predicted octanol–water partition coefficient (Wildman–Crippen LogP) is 2.79. The van der Waals surface area contributed by atoms with E-state index in [1.807, 2.05) is 29.6 Å². The number of amides is 1. The number of nitrogens with zero attached hydrogens (tertiary/aromatic N) is 4. The highest BCUT2D eigenvalue weighted by Gasteiger charge is 2.13. The number of rotatable bonds is 6. The van der Waals surface area contributed by atoms with Crippen LogP contribution in [0.15, 0.2) is 35.8 Å². The molecule has 0 spiro atoms. The molecule has 0 radical (unpaired) electrons. The van der Waals surface area contributed by atoms with Crippen molar-refractivity contribution in [3.05, 3.63) is 52.2 Å². The molecule has 3 aromatic rings. The second kappa shape index (κ2) is 7.43. The molecule has 0 saturated heterocycles. The largest absolute Gasteiger partial charge is 0.497 e. The molecular formula is C17H19N5O2S. The monoisotopic (exact) mass is 357 g/mol. The quantitative estimate of drug-likeness (QED) is 0.733. The van der Waals surface area contributed by atoms with Gasteiger partial charge < -0.3 is 10.1 Å². The van der Waals surface area contributed by atoms with Crippen molar-refractivity contribution in [3.8, 4) is 11.4 Å². The summed E-state index contributed by atoms with van der Waals surface area (Å²) in [5.74, 6) is 0.864. The average molecular weight is 357 g/mol. The van der Waals surface area contributed by atoms with Gasteiger partial charge >= 0.3 is 0 Å². The van der Waals surface area contributed by atoms with Crippen molar-refractivity contribution >= 4 is 17.2 Å². The molecule has 2 aromatic heterocycles. The highest BCUT2D eigenvalue weighted by molar-refractivity contribution is 7.09. The smallest absolute Gasteiger partial charge is 0.273 e. The fourth-order valence-electron chi connectivity index (χ4n) is 2.16. The van der Waals surface area contributed by atoms with Gasteiger partial charge in [-0.3, -0.25) is 4.79 Å². The maximum absolute atomic E-state index is 12.2. The van der Waals surface area contributed by atoms with Gasteiger partial charge in [0.25, 0.3) is 5.91 Å². The van der Waals surface area contributed by atoms with Crippen LogP contribution in [0.1, 0.15) is 41.0 Å². The van der Waals surface area contributed by atoms with Crippen LogP contribution in [-0.2, 0) is 6.54 Å². The molecule has 0 bridgehead atoms. The van der Waals surface area contributed by atoms with Crippen molar-refractivity contribution in [2.24, 2.45) is 0 Å². The topological polar surface area (TPSA) is 81.9 Å². The molecule has 7 nitrogen and oxygen atoms in total. The van der Waals surface area contributed by atoms with Gasteiger partial charge in [0.1, 0.15) is 5.75 Å². The minimum Gasteiger partial charge on any atom is -0.497 e. The second-order valence-electron chi connectivity index (χ2n) is 5.76. The van der Waals surface area contributed by atoms with Gasteiger partial charge in [-0.25, -0.2) is 9.67 Å². The summed E-state index contributed by atoms with van der Waals surface area (Å²) in [5.41, 5.74) is 1.91. The molecular weight excluding hydrogens is 338 g/mol. The van der Waals surface area contributed by atoms with Crippen molar-refractivity contribution in [1.29, 1.82) is 0 Å². The predicted molar refractivity (Wildman–Crippen MR) is 95.3 cm³/mol. The van der Waals surface area contributed by atoms with Crippen molar-refractivity contribution in [1.82, 2.24) is 25.3 Å². The van der Waals surface area contributed by atoms with Gasteiger partial charge in [-0.2, -0.15) is 0 Å². The first-order valence-electron chi connectivity index (χ1n) is 7.86. The van der Waals surface area contributed by atoms with Gasteiger partial charge in [0.2, 0.25) is 0 Å². The number of hydrogen-bond acceptors (Lipinski definition) is 6. The van der Waals surface area contributed by atoms with Crippen LogP contribution >= 0.6 is 11.3 Å². The highest BCUT2D eigenvalue weighted by Crippen LogP contribution is 2.19. The molecule has 1 amide bonds. The Morgan fingerprint density at radius 2 is 2.08 bits per heavy atom. The van der Waals surface area contributed by atoms with Crippen LogP contribution in [0.5, 0.6) is 5.75 Å². The third kappa shape index (κ3) is 4.03. The third-order valence-electron chi connectivity index (χ3n) is 3.56. The zero-order valence-electron chi connectivity index (χ0n) is 14.3. The van der Waals surface area contributed by atoms with Gasteiger partial charge in [0.05, 0.1) is 36.2 Å². The Labute approximate surface area is 149 Å². The average Bonchev–Trinajstić information content (AvgIpc) is 3.29. The standard InChI is InChI=1S/C17H19N5O2S/c1-11(2)17-19-12(10-25-17)8-18-16(23)15-9-22(21-20-15)13-4-6-14(24-3)7-5-13/h4-7,9-11H,8H2,1-3H3,(H,18,23). The number of hydrogen-bond donors (Lipinski definition) is 1. The summed E-state index contributed by atoms with van der Waals surface area (Å²) < 4.78 is 6.67. The summed E-state index contributed by atoms with van der Waals surface area (Å²) in [6.07, 6.45) is 1.59. The van der Waals surface area contributed by atoms with Crippen LogP contribution in [0.2, 0.25) is 0 Å². The molecule has 2 heterocycles. The van der Waals surface area contributed by atoms with Crippen LogP contribution in [-0.4, -0.2) is 33.0 Å². The lowest BCUT2D eigenvalue weighted by Gasteiger charge is -2.02. The first-order chi connectivity index (χ1) is 12.1. The number of carbonyl (C=O) groups is 1. The Bertz CT molecular complexity index is 854. The van der Waals surface area contributed by atoms with E-state index in [9.17, 15) is 4.79 Å². The number of benzene rings is 1. The van der Waals surface area contributed by atoms with E-state index in [4.69, 9.17) is 4.74 Å². The maximum Gasteiger partial charge on any atom is 0.273 e. The van der Waals surface area contributed by atoms with Crippen LogP contribution in [0.4, 0.5) is 0 Å². The number of ether oxygens (including phenoxy) is 1. The lowest BCUT2D eigenvalue weighted by Crippen LogP contribution is -2.23. The number of carbonyl (C=O) groups excluding carboxylic acids is 1. The van der Waals surface area contributed by atoms with Gasteiger partial charge in [-0.05, 0) is 24.3 Å². The number of nitrogens with one attached hydrogen (secondary N) is 1. The molecule has 0 unspecified atom stereocenters. The minimum absolute atomic E-state index is 0.259. The third-order valence-corrected chi connectivity index (χ3v) is 4.75. The Hall–Kier alpha value is -2.74. The van der Waals surface area contributed by atoms with Gasteiger partial charge in [0.15, 0.2) is 5.69 Å². The van der Waals surface area contributed by atoms with Crippen LogP contribution in [0.3, 0.4) is 0 Å². The molecule has 1 aromatic carbocycles. The van der Waals surface area contributed by atoms with Crippen molar-refractivity contribution in [2.45, 2.75) is 26.3 Å². The first kappa shape index (κ1) is 17.1. The van der Waals surface area contributed by atoms with Crippen LogP contribution < -0.4 is 10.1 Å². The summed E-state index contributed by atoms with van der Waals surface area (Å²) in [5, 5.41) is 13.8. The van der Waals surface area contributed by atoms with Gasteiger partial charge in [0, 0.05) is 11.3 Å². The van der Waals surface area contributed by atoms with E-state index >= 15 is 0 Å². The van der Waals surface area contributed by atoms with E-state index in [1.54, 1.807) is 29.3 Å². The van der Waals surface area contributed by atoms with Gasteiger partial charge in [-0.1, -0.05) is 19.1 Å². The van der Waals surface area contributed by atoms with E-state index in [0.29, 0.717) is 12.5 Å². The molecule has 25 heavy (non-hydrogen) atoms. The molecule has 0 atom stereocenters. The van der Waals surface area contributed by atoms with E-state index < -0.39 is 0 Å². The summed E-state index contributed by atoms with van der Waals surface area (Å²) >= 11 is 1.60. The summed E-state index contributed by atoms with van der Waals surface area (Å²) in [7, 11) is 1.61. The summed E-state index contributed by atoms with van der Waals surface area (Å²) in [6.45, 7) is 4.56. The van der Waals surface area contributed by atoms with Crippen molar-refractivity contribution in [3.63, 3.8) is 0 Å². The molecule has 1 N–H and O–H groups in total. The van der Waals surface area contributed by atoms with E-state index in [0.717, 1.165) is 22.1 Å². The first-order valence-corrected chi connectivity index (χ1v) is 8.74. The number of thiazole rings is 1. The second-order valence-corrected chi connectivity index (χ2v) is 6.65. The Kier molecular flexibility index (Phi) is 5.08. The Balaban J connectivity index is 1.63. The molecule has 0 aliphatic carbocycles. The van der Waals surface area contributed by atoms with Gasteiger partial charge in [-0.15, -0.1) is 16.4 Å². The molecule has 0 aliphatic rings. The fraction of sp³-hybridized carbons (Fsp3) is 0.294. The highest BCUT2D eigenvalue weighted by atomic mass is 32.1. The summed E-state index contributed by atoms with van der Waals surface area (Å²) in [4.78, 5) is 16.7. The lowest BCUT2D eigenvalue weighted by atomic mass is 10.2. The van der Waals surface area contributed by atoms with E-state index in [-0.39, 0.29) is 11.6 Å². The lowest BCUT2D eigenvalue weighted by molar-refractivity contribution is 0.0945. The zero-order valence-corrected chi connectivity index (χ0v) is 15.1. The van der Waals surface area contributed by atoms with Crippen LogP contribution in [0.25, 0.3) is 5.69 Å². The van der Waals surface area contributed by atoms with Crippen molar-refractivity contribution in [2.75, 3.05) is 7.11 Å². The maximum atomic E-state index is 12.2. The SMILES string of the molecule is COc1ccc(-n2cc(C(=O)NCc3csc(C(C)C)n3)nn2)cc1. The Morgan fingerprint density at radius 3 is 2.72 bits per heavy atom. The molecule has 130 valence electrons. The molecule has 3 rings (SSSR count).